The Bertz CT molecular complexity index is 1050. The van der Waals surface area contributed by atoms with Crippen LogP contribution in [-0.4, -0.2) is 25.3 Å². The van der Waals surface area contributed by atoms with Gasteiger partial charge < -0.3 is 10.1 Å². The van der Waals surface area contributed by atoms with Crippen LogP contribution < -0.4 is 10.1 Å². The topological polar surface area (TPSA) is 55.4 Å². The second-order valence-corrected chi connectivity index (χ2v) is 7.94. The van der Waals surface area contributed by atoms with Crippen molar-refractivity contribution in [3.05, 3.63) is 77.4 Å². The van der Waals surface area contributed by atoms with E-state index in [0.29, 0.717) is 24.1 Å². The summed E-state index contributed by atoms with van der Waals surface area (Å²) in [6.45, 7) is 0.560. The van der Waals surface area contributed by atoms with Crippen molar-refractivity contribution in [2.45, 2.75) is 32.1 Å². The first kappa shape index (κ1) is 20.1. The molecule has 0 aliphatic heterocycles. The second-order valence-electron chi connectivity index (χ2n) is 7.94. The Balaban J connectivity index is 1.61. The van der Waals surface area contributed by atoms with Crippen LogP contribution in [0.15, 0.2) is 60.7 Å². The van der Waals surface area contributed by atoms with Gasteiger partial charge in [0, 0.05) is 23.6 Å². The maximum atomic E-state index is 13.0. The predicted molar refractivity (Wildman–Crippen MR) is 119 cm³/mol. The van der Waals surface area contributed by atoms with E-state index in [1.807, 2.05) is 60.7 Å². The number of ether oxygens (including phenoxy) is 1. The van der Waals surface area contributed by atoms with Crippen LogP contribution in [0.1, 0.15) is 47.2 Å². The number of carbonyl (C=O) groups excluding carboxylic acids is 2. The smallest absolute Gasteiger partial charge is 0.223 e. The van der Waals surface area contributed by atoms with Crippen LogP contribution >= 0.6 is 0 Å². The van der Waals surface area contributed by atoms with Crippen molar-refractivity contribution in [2.75, 3.05) is 13.7 Å². The molecule has 4 heteroatoms. The molecule has 0 radical (unpaired) electrons. The normalized spacial score (nSPS) is 14.0. The van der Waals surface area contributed by atoms with Crippen LogP contribution in [-0.2, 0) is 11.2 Å². The third-order valence-electron chi connectivity index (χ3n) is 5.96. The first-order valence-corrected chi connectivity index (χ1v) is 10.6. The standard InChI is InChI=1S/C26H27NO3/c1-30-23-12-11-20-15-22(25(28)18-7-3-2-4-8-18)16-21(24(20)17-23)13-14-27-26(29)19-9-5-6-10-19/h2-4,7-8,11-12,15-17,19H,5-6,9-10,13-14H2,1H3,(H,27,29). The highest BCUT2D eigenvalue weighted by molar-refractivity contribution is 6.11. The molecule has 1 amide bonds. The van der Waals surface area contributed by atoms with Gasteiger partial charge in [0.1, 0.15) is 5.75 Å². The lowest BCUT2D eigenvalue weighted by Gasteiger charge is -2.14. The second kappa shape index (κ2) is 9.12. The molecule has 1 aliphatic rings. The Labute approximate surface area is 177 Å². The number of methoxy groups -OCH3 is 1. The van der Waals surface area contributed by atoms with Crippen LogP contribution in [0.25, 0.3) is 10.8 Å². The Hall–Kier alpha value is -3.14. The fourth-order valence-corrected chi connectivity index (χ4v) is 4.29. The Morgan fingerprint density at radius 2 is 1.73 bits per heavy atom. The van der Waals surface area contributed by atoms with Crippen LogP contribution in [0.2, 0.25) is 0 Å². The minimum Gasteiger partial charge on any atom is -0.497 e. The van der Waals surface area contributed by atoms with E-state index in [2.05, 4.69) is 5.32 Å². The molecular weight excluding hydrogens is 374 g/mol. The maximum absolute atomic E-state index is 13.0. The Kier molecular flexibility index (Phi) is 6.12. The molecule has 0 atom stereocenters. The summed E-state index contributed by atoms with van der Waals surface area (Å²) in [6, 6.07) is 19.1. The van der Waals surface area contributed by atoms with E-state index in [-0.39, 0.29) is 17.6 Å². The minimum absolute atomic E-state index is 0.00422. The molecule has 3 aromatic rings. The third-order valence-corrected chi connectivity index (χ3v) is 5.96. The first-order valence-electron chi connectivity index (χ1n) is 10.6. The average molecular weight is 402 g/mol. The molecule has 0 heterocycles. The number of nitrogens with one attached hydrogen (secondary N) is 1. The van der Waals surface area contributed by atoms with Crippen molar-refractivity contribution in [3.8, 4) is 5.75 Å². The van der Waals surface area contributed by atoms with E-state index in [1.54, 1.807) is 7.11 Å². The van der Waals surface area contributed by atoms with Crippen molar-refractivity contribution in [3.63, 3.8) is 0 Å². The molecule has 3 aromatic carbocycles. The number of fused-ring (bicyclic) bond motifs is 1. The summed E-state index contributed by atoms with van der Waals surface area (Å²) in [5.74, 6) is 1.10. The van der Waals surface area contributed by atoms with Gasteiger partial charge in [0.25, 0.3) is 0 Å². The molecule has 4 rings (SSSR count). The molecule has 0 aromatic heterocycles. The van der Waals surface area contributed by atoms with E-state index in [4.69, 9.17) is 4.74 Å². The zero-order valence-electron chi connectivity index (χ0n) is 17.3. The van der Waals surface area contributed by atoms with Gasteiger partial charge in [-0.3, -0.25) is 9.59 Å². The molecule has 1 aliphatic carbocycles. The molecule has 0 bridgehead atoms. The lowest BCUT2D eigenvalue weighted by atomic mass is 9.94. The van der Waals surface area contributed by atoms with Crippen molar-refractivity contribution in [1.29, 1.82) is 0 Å². The van der Waals surface area contributed by atoms with Crippen LogP contribution in [0.4, 0.5) is 0 Å². The lowest BCUT2D eigenvalue weighted by molar-refractivity contribution is -0.124. The van der Waals surface area contributed by atoms with E-state index in [1.165, 1.54) is 0 Å². The molecule has 30 heavy (non-hydrogen) atoms. The summed E-state index contributed by atoms with van der Waals surface area (Å²) in [6.07, 6.45) is 4.94. The number of rotatable bonds is 7. The monoisotopic (exact) mass is 401 g/mol. The molecule has 4 nitrogen and oxygen atoms in total. The Morgan fingerprint density at radius 1 is 0.967 bits per heavy atom. The number of hydrogen-bond acceptors (Lipinski definition) is 3. The highest BCUT2D eigenvalue weighted by atomic mass is 16.5. The number of carbonyl (C=O) groups is 2. The highest BCUT2D eigenvalue weighted by Crippen LogP contribution is 2.28. The van der Waals surface area contributed by atoms with Crippen LogP contribution in [0, 0.1) is 5.92 Å². The van der Waals surface area contributed by atoms with E-state index >= 15 is 0 Å². The van der Waals surface area contributed by atoms with Gasteiger partial charge in [-0.2, -0.15) is 0 Å². The molecular formula is C26H27NO3. The van der Waals surface area contributed by atoms with Gasteiger partial charge in [-0.1, -0.05) is 49.2 Å². The van der Waals surface area contributed by atoms with E-state index < -0.39 is 0 Å². The molecule has 1 N–H and O–H groups in total. The van der Waals surface area contributed by atoms with Crippen LogP contribution in [0.5, 0.6) is 5.75 Å². The SMILES string of the molecule is COc1ccc2cc(C(=O)c3ccccc3)cc(CCNC(=O)C3CCCC3)c2c1. The summed E-state index contributed by atoms with van der Waals surface area (Å²) < 4.78 is 5.40. The van der Waals surface area contributed by atoms with Gasteiger partial charge in [0.15, 0.2) is 5.78 Å². The van der Waals surface area contributed by atoms with Crippen molar-refractivity contribution in [1.82, 2.24) is 5.32 Å². The lowest BCUT2D eigenvalue weighted by Crippen LogP contribution is -2.31. The number of benzene rings is 3. The van der Waals surface area contributed by atoms with E-state index in [9.17, 15) is 9.59 Å². The van der Waals surface area contributed by atoms with E-state index in [0.717, 1.165) is 47.8 Å². The first-order chi connectivity index (χ1) is 14.7. The zero-order valence-corrected chi connectivity index (χ0v) is 17.3. The largest absolute Gasteiger partial charge is 0.497 e. The summed E-state index contributed by atoms with van der Waals surface area (Å²) >= 11 is 0. The summed E-state index contributed by atoms with van der Waals surface area (Å²) in [4.78, 5) is 25.4. The Morgan fingerprint density at radius 3 is 2.47 bits per heavy atom. The number of amides is 1. The molecule has 1 fully saturated rings. The number of ketones is 1. The van der Waals surface area contributed by atoms with Gasteiger partial charge >= 0.3 is 0 Å². The average Bonchev–Trinajstić information content (AvgIpc) is 3.34. The van der Waals surface area contributed by atoms with Crippen molar-refractivity contribution < 1.29 is 14.3 Å². The van der Waals surface area contributed by atoms with Gasteiger partial charge in [0.2, 0.25) is 5.91 Å². The van der Waals surface area contributed by atoms with Gasteiger partial charge in [-0.15, -0.1) is 0 Å². The summed E-state index contributed by atoms with van der Waals surface area (Å²) in [5, 5.41) is 5.14. The number of hydrogen-bond donors (Lipinski definition) is 1. The van der Waals surface area contributed by atoms with Gasteiger partial charge in [-0.05, 0) is 59.9 Å². The fraction of sp³-hybridized carbons (Fsp3) is 0.308. The molecule has 0 saturated heterocycles. The quantitative estimate of drug-likeness (QED) is 0.571. The zero-order chi connectivity index (χ0) is 20.9. The molecule has 154 valence electrons. The molecule has 0 spiro atoms. The van der Waals surface area contributed by atoms with Gasteiger partial charge in [0.05, 0.1) is 7.11 Å². The predicted octanol–water partition coefficient (Wildman–Crippen LogP) is 4.93. The van der Waals surface area contributed by atoms with Crippen LogP contribution in [0.3, 0.4) is 0 Å². The van der Waals surface area contributed by atoms with Gasteiger partial charge in [-0.25, -0.2) is 0 Å². The minimum atomic E-state index is 0.00422. The summed E-state index contributed by atoms with van der Waals surface area (Å²) in [7, 11) is 1.65. The molecule has 1 saturated carbocycles. The highest BCUT2D eigenvalue weighted by Gasteiger charge is 2.22. The molecule has 0 unspecified atom stereocenters. The summed E-state index contributed by atoms with van der Waals surface area (Å²) in [5.41, 5.74) is 2.37. The van der Waals surface area contributed by atoms with Crippen molar-refractivity contribution in [2.24, 2.45) is 5.92 Å². The maximum Gasteiger partial charge on any atom is 0.223 e. The van der Waals surface area contributed by atoms with Crippen molar-refractivity contribution >= 4 is 22.5 Å². The third kappa shape index (κ3) is 4.38. The fourth-order valence-electron chi connectivity index (χ4n) is 4.29.